The largest absolute Gasteiger partial charge is 0.390 e. The van der Waals surface area contributed by atoms with Crippen LogP contribution >= 0.6 is 0 Å². The zero-order chi connectivity index (χ0) is 15.3. The number of carbonyl (C=O) groups is 1. The third-order valence-electron chi connectivity index (χ3n) is 2.31. The molecule has 0 aliphatic heterocycles. The van der Waals surface area contributed by atoms with E-state index in [0.29, 0.717) is 0 Å². The summed E-state index contributed by atoms with van der Waals surface area (Å²) in [5, 5.41) is 12.6. The van der Waals surface area contributed by atoms with Crippen LogP contribution in [0, 0.1) is 10.1 Å². The van der Waals surface area contributed by atoms with Gasteiger partial charge in [-0.1, -0.05) is 0 Å². The van der Waals surface area contributed by atoms with Crippen molar-refractivity contribution in [2.24, 2.45) is 5.84 Å². The molecule has 0 bridgehead atoms. The highest BCUT2D eigenvalue weighted by Crippen LogP contribution is 2.22. The number of carbonyl (C=O) groups excluding carboxylic acids is 1. The molecular weight excluding hydrogens is 281 g/mol. The minimum atomic E-state index is -4.40. The van der Waals surface area contributed by atoms with Crippen LogP contribution in [0.1, 0.15) is 16.8 Å². The number of hydrogen-bond acceptors (Lipinski definition) is 5. The summed E-state index contributed by atoms with van der Waals surface area (Å²) < 4.78 is 35.9. The summed E-state index contributed by atoms with van der Waals surface area (Å²) in [5.41, 5.74) is 1.64. The first kappa shape index (κ1) is 15.7. The van der Waals surface area contributed by atoms with Crippen LogP contribution in [-0.2, 0) is 0 Å². The number of amides is 1. The van der Waals surface area contributed by atoms with E-state index in [1.807, 2.05) is 5.32 Å². The monoisotopic (exact) mass is 292 g/mol. The summed E-state index contributed by atoms with van der Waals surface area (Å²) in [6.45, 7) is -0.630. The Morgan fingerprint density at radius 1 is 1.40 bits per heavy atom. The van der Waals surface area contributed by atoms with Crippen molar-refractivity contribution in [1.82, 2.24) is 5.32 Å². The van der Waals surface area contributed by atoms with Crippen LogP contribution in [0.25, 0.3) is 0 Å². The first-order valence-corrected chi connectivity index (χ1v) is 5.34. The molecule has 0 unspecified atom stereocenters. The van der Waals surface area contributed by atoms with Crippen molar-refractivity contribution in [3.63, 3.8) is 0 Å². The summed E-state index contributed by atoms with van der Waals surface area (Å²) in [6, 6.07) is 3.23. The number of halogens is 3. The molecule has 20 heavy (non-hydrogen) atoms. The fraction of sp³-hybridized carbons (Fsp3) is 0.300. The number of non-ortho nitro benzene ring substituents is 1. The maximum absolute atomic E-state index is 12.0. The predicted octanol–water partition coefficient (Wildman–Crippen LogP) is 1.56. The Hall–Kier alpha value is -2.36. The highest BCUT2D eigenvalue weighted by atomic mass is 19.4. The van der Waals surface area contributed by atoms with E-state index in [4.69, 9.17) is 5.84 Å². The molecule has 0 aliphatic carbocycles. The van der Waals surface area contributed by atoms with Gasteiger partial charge in [0.2, 0.25) is 0 Å². The van der Waals surface area contributed by atoms with Crippen LogP contribution in [0.3, 0.4) is 0 Å². The molecule has 0 atom stereocenters. The Bertz CT molecular complexity index is 519. The van der Waals surface area contributed by atoms with Gasteiger partial charge < -0.3 is 10.7 Å². The second kappa shape index (κ2) is 6.19. The Morgan fingerprint density at radius 2 is 2.05 bits per heavy atom. The van der Waals surface area contributed by atoms with Crippen molar-refractivity contribution in [2.75, 3.05) is 12.0 Å². The van der Waals surface area contributed by atoms with E-state index in [1.165, 1.54) is 6.07 Å². The number of nitrogen functional groups attached to an aromatic ring is 1. The quantitative estimate of drug-likeness (QED) is 0.433. The summed E-state index contributed by atoms with van der Waals surface area (Å²) in [5.74, 6) is 4.25. The maximum Gasteiger partial charge on any atom is 0.390 e. The second-order valence-corrected chi connectivity index (χ2v) is 3.75. The van der Waals surface area contributed by atoms with Crippen molar-refractivity contribution in [3.05, 3.63) is 33.9 Å². The molecule has 0 heterocycles. The standard InChI is InChI=1S/C10H11F3N4O3/c11-10(12,13)3-4-15-9(18)7-5-6(17(19)20)1-2-8(7)16-14/h1-2,5,16H,3-4,14H2,(H,15,18). The van der Waals surface area contributed by atoms with E-state index in [1.54, 1.807) is 0 Å². The van der Waals surface area contributed by atoms with Crippen molar-refractivity contribution in [2.45, 2.75) is 12.6 Å². The van der Waals surface area contributed by atoms with Crippen molar-refractivity contribution in [1.29, 1.82) is 0 Å². The molecule has 0 spiro atoms. The minimum Gasteiger partial charge on any atom is -0.352 e. The molecule has 1 rings (SSSR count). The van der Waals surface area contributed by atoms with Gasteiger partial charge in [0.05, 0.1) is 22.6 Å². The zero-order valence-corrected chi connectivity index (χ0v) is 10.0. The molecule has 0 radical (unpaired) electrons. The number of nitro groups is 1. The lowest BCUT2D eigenvalue weighted by Crippen LogP contribution is -2.29. The number of anilines is 1. The first-order chi connectivity index (χ1) is 9.24. The summed E-state index contributed by atoms with van der Waals surface area (Å²) >= 11 is 0. The van der Waals surface area contributed by atoms with E-state index in [2.05, 4.69) is 5.43 Å². The fourth-order valence-electron chi connectivity index (χ4n) is 1.37. The van der Waals surface area contributed by atoms with Gasteiger partial charge in [0.15, 0.2) is 0 Å². The zero-order valence-electron chi connectivity index (χ0n) is 10.0. The van der Waals surface area contributed by atoms with Gasteiger partial charge in [-0.2, -0.15) is 13.2 Å². The topological polar surface area (TPSA) is 110 Å². The van der Waals surface area contributed by atoms with E-state index < -0.39 is 30.0 Å². The molecule has 0 aliphatic rings. The second-order valence-electron chi connectivity index (χ2n) is 3.75. The van der Waals surface area contributed by atoms with Crippen molar-refractivity contribution >= 4 is 17.3 Å². The van der Waals surface area contributed by atoms with Crippen LogP contribution < -0.4 is 16.6 Å². The van der Waals surface area contributed by atoms with Crippen LogP contribution in [0.15, 0.2) is 18.2 Å². The predicted molar refractivity (Wildman–Crippen MR) is 63.9 cm³/mol. The third kappa shape index (κ3) is 4.39. The molecular formula is C10H11F3N4O3. The number of nitrogens with one attached hydrogen (secondary N) is 2. The number of hydrogen-bond donors (Lipinski definition) is 3. The van der Waals surface area contributed by atoms with E-state index in [0.717, 1.165) is 12.1 Å². The molecule has 4 N–H and O–H groups in total. The van der Waals surface area contributed by atoms with E-state index >= 15 is 0 Å². The van der Waals surface area contributed by atoms with Crippen LogP contribution in [0.2, 0.25) is 0 Å². The summed E-state index contributed by atoms with van der Waals surface area (Å²) in [6.07, 6.45) is -5.59. The fourth-order valence-corrected chi connectivity index (χ4v) is 1.37. The van der Waals surface area contributed by atoms with Crippen molar-refractivity contribution in [3.8, 4) is 0 Å². The normalized spacial score (nSPS) is 11.0. The number of rotatable bonds is 5. The van der Waals surface area contributed by atoms with E-state index in [9.17, 15) is 28.1 Å². The lowest BCUT2D eigenvalue weighted by atomic mass is 10.1. The van der Waals surface area contributed by atoms with E-state index in [-0.39, 0.29) is 16.9 Å². The van der Waals surface area contributed by atoms with Gasteiger partial charge in [-0.3, -0.25) is 20.8 Å². The van der Waals surface area contributed by atoms with Gasteiger partial charge in [0.25, 0.3) is 11.6 Å². The molecule has 1 aromatic rings. The molecule has 0 saturated carbocycles. The van der Waals surface area contributed by atoms with Gasteiger partial charge in [-0.15, -0.1) is 0 Å². The highest BCUT2D eigenvalue weighted by molar-refractivity contribution is 6.00. The number of nitrogens with two attached hydrogens (primary N) is 1. The van der Waals surface area contributed by atoms with Gasteiger partial charge >= 0.3 is 6.18 Å². The molecule has 7 nitrogen and oxygen atoms in total. The van der Waals surface area contributed by atoms with Gasteiger partial charge in [0, 0.05) is 18.7 Å². The maximum atomic E-state index is 12.0. The lowest BCUT2D eigenvalue weighted by Gasteiger charge is -2.10. The number of benzene rings is 1. The van der Waals surface area contributed by atoms with Gasteiger partial charge in [0.1, 0.15) is 0 Å². The minimum absolute atomic E-state index is 0.0695. The number of nitro benzene ring substituents is 1. The Balaban J connectivity index is 2.85. The molecule has 0 aromatic heterocycles. The summed E-state index contributed by atoms with van der Waals surface area (Å²) in [4.78, 5) is 21.6. The molecule has 1 amide bonds. The average molecular weight is 292 g/mol. The first-order valence-electron chi connectivity index (χ1n) is 5.34. The number of hydrazine groups is 1. The van der Waals surface area contributed by atoms with Gasteiger partial charge in [-0.05, 0) is 6.07 Å². The van der Waals surface area contributed by atoms with Gasteiger partial charge in [-0.25, -0.2) is 0 Å². The van der Waals surface area contributed by atoms with Crippen LogP contribution in [-0.4, -0.2) is 23.6 Å². The Labute approximate surface area is 111 Å². The van der Waals surface area contributed by atoms with Crippen molar-refractivity contribution < 1.29 is 22.9 Å². The van der Waals surface area contributed by atoms with Crippen LogP contribution in [0.4, 0.5) is 24.5 Å². The summed E-state index contributed by atoms with van der Waals surface area (Å²) in [7, 11) is 0. The third-order valence-corrected chi connectivity index (χ3v) is 2.31. The van der Waals surface area contributed by atoms with Crippen LogP contribution in [0.5, 0.6) is 0 Å². The number of nitrogens with zero attached hydrogens (tertiary/aromatic N) is 1. The molecule has 10 heteroatoms. The molecule has 0 fully saturated rings. The molecule has 0 saturated heterocycles. The average Bonchev–Trinajstić information content (AvgIpc) is 2.36. The smallest absolute Gasteiger partial charge is 0.352 e. The Kier molecular flexibility index (Phi) is 4.86. The highest BCUT2D eigenvalue weighted by Gasteiger charge is 2.27. The molecule has 1 aromatic carbocycles. The number of alkyl halides is 3. The lowest BCUT2D eigenvalue weighted by molar-refractivity contribution is -0.384. The molecule has 110 valence electrons. The Morgan fingerprint density at radius 3 is 2.55 bits per heavy atom. The SMILES string of the molecule is NNc1ccc([N+](=O)[O-])cc1C(=O)NCCC(F)(F)F.